The number of rotatable bonds is 5. The van der Waals surface area contributed by atoms with E-state index in [9.17, 15) is 8.60 Å². The molecule has 5 nitrogen and oxygen atoms in total. The van der Waals surface area contributed by atoms with Crippen LogP contribution in [-0.4, -0.2) is 41.4 Å². The summed E-state index contributed by atoms with van der Waals surface area (Å²) in [5.74, 6) is 0.801. The fourth-order valence-electron chi connectivity index (χ4n) is 3.42. The summed E-state index contributed by atoms with van der Waals surface area (Å²) in [7, 11) is -0.956. The van der Waals surface area contributed by atoms with Crippen molar-refractivity contribution >= 4 is 26.3 Å². The summed E-state index contributed by atoms with van der Waals surface area (Å²) in [6.45, 7) is 1.75. The molecule has 7 heteroatoms. The van der Waals surface area contributed by atoms with E-state index in [1.165, 1.54) is 19.4 Å². The minimum absolute atomic E-state index is 0.203. The largest absolute Gasteiger partial charge is 0.494 e. The molecule has 1 saturated heterocycles. The van der Waals surface area contributed by atoms with E-state index in [4.69, 9.17) is 9.52 Å². The summed E-state index contributed by atoms with van der Waals surface area (Å²) < 4.78 is 38.2. The first-order chi connectivity index (χ1) is 11.9. The maximum atomic E-state index is 14.1. The summed E-state index contributed by atoms with van der Waals surface area (Å²) in [6, 6.07) is 5.05. The lowest BCUT2D eigenvalue weighted by molar-refractivity contribution is 0.387. The van der Waals surface area contributed by atoms with Crippen molar-refractivity contribution < 1.29 is 13.3 Å². The Bertz CT molecular complexity index is 862. The Morgan fingerprint density at radius 2 is 2.12 bits per heavy atom. The second kappa shape index (κ2) is 7.15. The van der Waals surface area contributed by atoms with Gasteiger partial charge in [-0.15, -0.1) is 0 Å². The average molecular weight is 365 g/mol. The van der Waals surface area contributed by atoms with Crippen LogP contribution in [0.3, 0.4) is 0 Å². The maximum absolute atomic E-state index is 14.1. The van der Waals surface area contributed by atoms with E-state index in [-0.39, 0.29) is 11.6 Å². The van der Waals surface area contributed by atoms with Gasteiger partial charge < -0.3 is 9.64 Å². The number of hydrogen-bond acceptors (Lipinski definition) is 5. The van der Waals surface area contributed by atoms with Gasteiger partial charge in [0.15, 0.2) is 11.6 Å². The van der Waals surface area contributed by atoms with Crippen molar-refractivity contribution in [1.29, 1.82) is 4.78 Å². The second-order valence-corrected chi connectivity index (χ2v) is 9.18. The van der Waals surface area contributed by atoms with Gasteiger partial charge in [0, 0.05) is 58.2 Å². The van der Waals surface area contributed by atoms with Gasteiger partial charge in [-0.2, -0.15) is 0 Å². The van der Waals surface area contributed by atoms with Crippen molar-refractivity contribution in [2.75, 3.05) is 37.1 Å². The molecule has 1 aliphatic heterocycles. The minimum Gasteiger partial charge on any atom is -0.494 e. The van der Waals surface area contributed by atoms with Crippen LogP contribution in [0.1, 0.15) is 19.3 Å². The first-order valence-corrected chi connectivity index (χ1v) is 10.6. The predicted octanol–water partition coefficient (Wildman–Crippen LogP) is 3.67. The molecular formula is C18H24FN3O2S. The first-order valence-electron chi connectivity index (χ1n) is 8.46. The topological polar surface area (TPSA) is 66.3 Å². The molecule has 1 N–H and O–H groups in total. The third-order valence-electron chi connectivity index (χ3n) is 4.86. The monoisotopic (exact) mass is 365 g/mol. The Kier molecular flexibility index (Phi) is 5.13. The Balaban J connectivity index is 1.76. The Hall–Kier alpha value is -1.89. The minimum atomic E-state index is -2.40. The second-order valence-electron chi connectivity index (χ2n) is 6.76. The van der Waals surface area contributed by atoms with Gasteiger partial charge in [-0.05, 0) is 37.3 Å². The van der Waals surface area contributed by atoms with Crippen molar-refractivity contribution in [3.05, 3.63) is 30.2 Å². The predicted molar refractivity (Wildman–Crippen MR) is 99.5 cm³/mol. The van der Waals surface area contributed by atoms with E-state index >= 15 is 0 Å². The van der Waals surface area contributed by atoms with Crippen LogP contribution in [0.15, 0.2) is 24.4 Å². The number of nitrogens with zero attached hydrogens (tertiary/aromatic N) is 2. The van der Waals surface area contributed by atoms with Crippen LogP contribution in [0.2, 0.25) is 0 Å². The smallest absolute Gasteiger partial charge is 0.165 e. The zero-order valence-corrected chi connectivity index (χ0v) is 15.4. The van der Waals surface area contributed by atoms with Gasteiger partial charge in [0.25, 0.3) is 0 Å². The lowest BCUT2D eigenvalue weighted by Crippen LogP contribution is -2.34. The molecule has 0 amide bonds. The number of hydrogen-bond donors (Lipinski definition) is 1. The first kappa shape index (κ1) is 17.9. The number of pyridine rings is 1. The average Bonchev–Trinajstić information content (AvgIpc) is 2.59. The molecule has 0 saturated carbocycles. The third-order valence-corrected chi connectivity index (χ3v) is 5.88. The summed E-state index contributed by atoms with van der Waals surface area (Å²) >= 11 is 0. The lowest BCUT2D eigenvalue weighted by Gasteiger charge is -2.34. The highest BCUT2D eigenvalue weighted by atomic mass is 32.2. The molecule has 1 aliphatic rings. The number of piperidine rings is 1. The van der Waals surface area contributed by atoms with E-state index in [1.807, 2.05) is 6.07 Å². The quantitative estimate of drug-likeness (QED) is 0.878. The highest BCUT2D eigenvalue weighted by molar-refractivity contribution is 7.91. The zero-order chi connectivity index (χ0) is 18.0. The van der Waals surface area contributed by atoms with Crippen LogP contribution < -0.4 is 9.64 Å². The Morgan fingerprint density at radius 1 is 1.40 bits per heavy atom. The van der Waals surface area contributed by atoms with Crippen molar-refractivity contribution in [2.24, 2.45) is 5.92 Å². The van der Waals surface area contributed by atoms with E-state index in [1.54, 1.807) is 12.3 Å². The number of anilines is 1. The standard InChI is InChI=1S/C18H24FN3O2S/c1-24-18-12-16-14(11-15(18)19)17(3-7-21-16)22-8-4-13(5-9-22)6-10-25(2,20)23/h3,7,11-13,20H,4-6,8-10H2,1-2H3. The number of benzene rings is 1. The normalized spacial score (nSPS) is 18.3. The summed E-state index contributed by atoms with van der Waals surface area (Å²) in [5, 5.41) is 0.794. The number of ether oxygens (including phenoxy) is 1. The molecule has 1 unspecified atom stereocenters. The van der Waals surface area contributed by atoms with Gasteiger partial charge in [0.1, 0.15) is 0 Å². The fraction of sp³-hybridized carbons (Fsp3) is 0.500. The number of fused-ring (bicyclic) bond motifs is 1. The maximum Gasteiger partial charge on any atom is 0.165 e. The van der Waals surface area contributed by atoms with Gasteiger partial charge >= 0.3 is 0 Å². The summed E-state index contributed by atoms with van der Waals surface area (Å²) in [6.07, 6.45) is 6.09. The summed E-state index contributed by atoms with van der Waals surface area (Å²) in [5.41, 5.74) is 1.71. The van der Waals surface area contributed by atoms with Crippen LogP contribution >= 0.6 is 0 Å². The molecule has 0 aliphatic carbocycles. The van der Waals surface area contributed by atoms with Crippen molar-refractivity contribution in [2.45, 2.75) is 19.3 Å². The van der Waals surface area contributed by atoms with E-state index < -0.39 is 9.73 Å². The van der Waals surface area contributed by atoms with Crippen LogP contribution in [-0.2, 0) is 9.73 Å². The van der Waals surface area contributed by atoms with Gasteiger partial charge in [-0.1, -0.05) is 0 Å². The van der Waals surface area contributed by atoms with Crippen LogP contribution in [0.25, 0.3) is 10.9 Å². The van der Waals surface area contributed by atoms with Crippen LogP contribution in [0.5, 0.6) is 5.75 Å². The number of methoxy groups -OCH3 is 1. The van der Waals surface area contributed by atoms with Crippen molar-refractivity contribution in [3.8, 4) is 5.75 Å². The molecule has 0 radical (unpaired) electrons. The van der Waals surface area contributed by atoms with E-state index in [0.717, 1.165) is 48.9 Å². The van der Waals surface area contributed by atoms with Crippen molar-refractivity contribution in [1.82, 2.24) is 4.98 Å². The number of halogens is 1. The van der Waals surface area contributed by atoms with Crippen LogP contribution in [0.4, 0.5) is 10.1 Å². The lowest BCUT2D eigenvalue weighted by atomic mass is 9.94. The van der Waals surface area contributed by atoms with Gasteiger partial charge in [0.2, 0.25) is 0 Å². The van der Waals surface area contributed by atoms with Gasteiger partial charge in [-0.3, -0.25) is 14.0 Å². The molecule has 136 valence electrons. The third kappa shape index (κ3) is 4.21. The molecule has 3 rings (SSSR count). The molecular weight excluding hydrogens is 341 g/mol. The molecule has 1 aromatic heterocycles. The summed E-state index contributed by atoms with van der Waals surface area (Å²) in [4.78, 5) is 6.59. The SMILES string of the molecule is COc1cc2nccc(N3CCC(CCS(C)(=N)=O)CC3)c2cc1F. The highest BCUT2D eigenvalue weighted by Gasteiger charge is 2.22. The molecule has 0 bridgehead atoms. The molecule has 2 heterocycles. The van der Waals surface area contributed by atoms with E-state index in [0.29, 0.717) is 11.7 Å². The molecule has 1 fully saturated rings. The molecule has 0 spiro atoms. The fourth-order valence-corrected chi connectivity index (χ4v) is 4.20. The van der Waals surface area contributed by atoms with E-state index in [2.05, 4.69) is 9.88 Å². The Labute approximate surface area is 148 Å². The van der Waals surface area contributed by atoms with Crippen LogP contribution in [0, 0.1) is 16.5 Å². The highest BCUT2D eigenvalue weighted by Crippen LogP contribution is 2.33. The molecule has 1 aromatic carbocycles. The number of aromatic nitrogens is 1. The zero-order valence-electron chi connectivity index (χ0n) is 14.6. The van der Waals surface area contributed by atoms with Gasteiger partial charge in [-0.25, -0.2) is 4.39 Å². The number of nitrogens with one attached hydrogen (secondary N) is 1. The van der Waals surface area contributed by atoms with Gasteiger partial charge in [0.05, 0.1) is 12.6 Å². The molecule has 2 aromatic rings. The molecule has 1 atom stereocenters. The van der Waals surface area contributed by atoms with Crippen molar-refractivity contribution in [3.63, 3.8) is 0 Å². The Morgan fingerprint density at radius 3 is 2.76 bits per heavy atom. The molecule has 25 heavy (non-hydrogen) atoms.